The highest BCUT2D eigenvalue weighted by Crippen LogP contribution is 2.34. The third-order valence-corrected chi connectivity index (χ3v) is 6.76. The Morgan fingerprint density at radius 1 is 1.45 bits per heavy atom. The van der Waals surface area contributed by atoms with E-state index in [2.05, 4.69) is 15.9 Å². The maximum Gasteiger partial charge on any atom is 0.244 e. The summed E-state index contributed by atoms with van der Waals surface area (Å²) in [7, 11) is 0.319. The second-order valence-corrected chi connectivity index (χ2v) is 8.21. The molecule has 0 radical (unpaired) electrons. The van der Waals surface area contributed by atoms with E-state index in [4.69, 9.17) is 17.3 Å². The van der Waals surface area contributed by atoms with Gasteiger partial charge in [0.1, 0.15) is 0 Å². The molecule has 1 saturated heterocycles. The lowest BCUT2D eigenvalue weighted by molar-refractivity contribution is 0.302. The molecule has 2 rings (SSSR count). The fourth-order valence-electron chi connectivity index (χ4n) is 2.26. The Kier molecular flexibility index (Phi) is 4.66. The summed E-state index contributed by atoms with van der Waals surface area (Å²) in [4.78, 5) is 2.17. The Morgan fingerprint density at radius 2 is 2.10 bits per heavy atom. The smallest absolute Gasteiger partial charge is 0.244 e. The first kappa shape index (κ1) is 16.0. The minimum Gasteiger partial charge on any atom is -0.398 e. The Balaban J connectivity index is 2.37. The average Bonchev–Trinajstić information content (AvgIpc) is 2.83. The maximum atomic E-state index is 12.7. The van der Waals surface area contributed by atoms with Crippen LogP contribution in [0.1, 0.15) is 6.42 Å². The molecule has 0 bridgehead atoms. The van der Waals surface area contributed by atoms with E-state index < -0.39 is 10.0 Å². The van der Waals surface area contributed by atoms with E-state index >= 15 is 0 Å². The summed E-state index contributed by atoms with van der Waals surface area (Å²) < 4.78 is 27.2. The first-order valence-corrected chi connectivity index (χ1v) is 8.75. The molecule has 1 unspecified atom stereocenters. The molecule has 1 aromatic carbocycles. The number of nitrogens with zero attached hydrogens (tertiary/aromatic N) is 2. The zero-order chi connectivity index (χ0) is 15.1. The summed E-state index contributed by atoms with van der Waals surface area (Å²) in [5.74, 6) is 0. The SMILES string of the molecule is CN(C)C1CCN(S(=O)(=O)c2cc(Cl)cc(N)c2Br)C1. The summed E-state index contributed by atoms with van der Waals surface area (Å²) in [6.07, 6.45) is 0.819. The average molecular weight is 383 g/mol. The minimum absolute atomic E-state index is 0.127. The van der Waals surface area contributed by atoms with E-state index in [-0.39, 0.29) is 10.9 Å². The second-order valence-electron chi connectivity index (χ2n) is 5.08. The molecule has 1 heterocycles. The van der Waals surface area contributed by atoms with E-state index in [1.807, 2.05) is 19.0 Å². The van der Waals surface area contributed by atoms with Gasteiger partial charge in [-0.1, -0.05) is 11.6 Å². The summed E-state index contributed by atoms with van der Waals surface area (Å²) >= 11 is 9.16. The van der Waals surface area contributed by atoms with Crippen LogP contribution in [0, 0.1) is 0 Å². The van der Waals surface area contributed by atoms with Crippen LogP contribution in [-0.2, 0) is 10.0 Å². The van der Waals surface area contributed by atoms with Crippen LogP contribution in [0.3, 0.4) is 0 Å². The lowest BCUT2D eigenvalue weighted by atomic mass is 10.2. The van der Waals surface area contributed by atoms with Crippen molar-refractivity contribution in [3.63, 3.8) is 0 Å². The van der Waals surface area contributed by atoms with Gasteiger partial charge in [0.05, 0.1) is 9.37 Å². The van der Waals surface area contributed by atoms with Crippen molar-refractivity contribution < 1.29 is 8.42 Å². The highest BCUT2D eigenvalue weighted by molar-refractivity contribution is 9.10. The van der Waals surface area contributed by atoms with Gasteiger partial charge in [-0.05, 0) is 48.6 Å². The molecular weight excluding hydrogens is 366 g/mol. The fraction of sp³-hybridized carbons (Fsp3) is 0.500. The normalized spacial score (nSPS) is 20.8. The van der Waals surface area contributed by atoms with Gasteiger partial charge in [0.25, 0.3) is 0 Å². The van der Waals surface area contributed by atoms with E-state index in [1.165, 1.54) is 16.4 Å². The topological polar surface area (TPSA) is 66.6 Å². The highest BCUT2D eigenvalue weighted by atomic mass is 79.9. The molecule has 1 aromatic rings. The summed E-state index contributed by atoms with van der Waals surface area (Å²) in [5.41, 5.74) is 6.09. The van der Waals surface area contributed by atoms with E-state index in [0.717, 1.165) is 6.42 Å². The number of nitrogens with two attached hydrogens (primary N) is 1. The number of halogens is 2. The van der Waals surface area contributed by atoms with Crippen LogP contribution in [-0.4, -0.2) is 50.8 Å². The highest BCUT2D eigenvalue weighted by Gasteiger charge is 2.34. The minimum atomic E-state index is -3.59. The Bertz CT molecular complexity index is 621. The number of hydrogen-bond donors (Lipinski definition) is 1. The molecule has 1 atom stereocenters. The molecule has 112 valence electrons. The van der Waals surface area contributed by atoms with Gasteiger partial charge in [-0.25, -0.2) is 8.42 Å². The van der Waals surface area contributed by atoms with Gasteiger partial charge in [-0.15, -0.1) is 0 Å². The van der Waals surface area contributed by atoms with Crippen molar-refractivity contribution in [2.75, 3.05) is 32.9 Å². The van der Waals surface area contributed by atoms with Gasteiger partial charge >= 0.3 is 0 Å². The predicted molar refractivity (Wildman–Crippen MR) is 84.4 cm³/mol. The summed E-state index contributed by atoms with van der Waals surface area (Å²) in [6.45, 7) is 0.984. The lowest BCUT2D eigenvalue weighted by Crippen LogP contribution is -2.34. The lowest BCUT2D eigenvalue weighted by Gasteiger charge is -2.21. The van der Waals surface area contributed by atoms with Crippen LogP contribution in [0.25, 0.3) is 0 Å². The molecule has 5 nitrogen and oxygen atoms in total. The first-order chi connectivity index (χ1) is 9.23. The van der Waals surface area contributed by atoms with Crippen molar-refractivity contribution in [3.8, 4) is 0 Å². The Hall–Kier alpha value is -0.340. The van der Waals surface area contributed by atoms with Crippen LogP contribution in [0.15, 0.2) is 21.5 Å². The molecule has 2 N–H and O–H groups in total. The van der Waals surface area contributed by atoms with Crippen molar-refractivity contribution >= 4 is 43.2 Å². The third-order valence-electron chi connectivity index (χ3n) is 3.51. The van der Waals surface area contributed by atoms with Gasteiger partial charge in [0, 0.05) is 29.8 Å². The molecule has 1 aliphatic heterocycles. The van der Waals surface area contributed by atoms with Gasteiger partial charge < -0.3 is 10.6 Å². The quantitative estimate of drug-likeness (QED) is 0.812. The molecular formula is C12H17BrClN3O2S. The zero-order valence-electron chi connectivity index (χ0n) is 11.3. The second kappa shape index (κ2) is 5.81. The van der Waals surface area contributed by atoms with Crippen LogP contribution in [0.2, 0.25) is 5.02 Å². The van der Waals surface area contributed by atoms with E-state index in [9.17, 15) is 8.42 Å². The number of rotatable bonds is 3. The molecule has 1 aliphatic rings. The predicted octanol–water partition coefficient (Wildman–Crippen LogP) is 2.01. The van der Waals surface area contributed by atoms with Crippen LogP contribution in [0.4, 0.5) is 5.69 Å². The molecule has 0 spiro atoms. The largest absolute Gasteiger partial charge is 0.398 e. The third kappa shape index (κ3) is 2.96. The standard InChI is InChI=1S/C12H17BrClN3O2S/c1-16(2)9-3-4-17(7-9)20(18,19)11-6-8(14)5-10(15)12(11)13/h5-6,9H,3-4,7,15H2,1-2H3. The van der Waals surface area contributed by atoms with Crippen molar-refractivity contribution in [1.29, 1.82) is 0 Å². The van der Waals surface area contributed by atoms with Crippen molar-refractivity contribution in [3.05, 3.63) is 21.6 Å². The Labute approximate surface area is 132 Å². The van der Waals surface area contributed by atoms with Gasteiger partial charge in [0.2, 0.25) is 10.0 Å². The van der Waals surface area contributed by atoms with Gasteiger partial charge in [-0.2, -0.15) is 4.31 Å². The van der Waals surface area contributed by atoms with Crippen molar-refractivity contribution in [2.45, 2.75) is 17.4 Å². The van der Waals surface area contributed by atoms with Crippen molar-refractivity contribution in [1.82, 2.24) is 9.21 Å². The number of benzene rings is 1. The summed E-state index contributed by atoms with van der Waals surface area (Å²) in [6, 6.07) is 3.19. The first-order valence-electron chi connectivity index (χ1n) is 6.14. The maximum absolute atomic E-state index is 12.7. The van der Waals surface area contributed by atoms with E-state index in [0.29, 0.717) is 28.3 Å². The Morgan fingerprint density at radius 3 is 2.65 bits per heavy atom. The van der Waals surface area contributed by atoms with Crippen LogP contribution >= 0.6 is 27.5 Å². The number of hydrogen-bond acceptors (Lipinski definition) is 4. The molecule has 8 heteroatoms. The number of likely N-dealkylation sites (N-methyl/N-ethyl adjacent to an activating group) is 1. The van der Waals surface area contributed by atoms with Gasteiger partial charge in [-0.3, -0.25) is 0 Å². The molecule has 0 aliphatic carbocycles. The number of anilines is 1. The molecule has 1 fully saturated rings. The number of sulfonamides is 1. The van der Waals surface area contributed by atoms with Crippen LogP contribution < -0.4 is 5.73 Å². The van der Waals surface area contributed by atoms with Crippen LogP contribution in [0.5, 0.6) is 0 Å². The molecule has 20 heavy (non-hydrogen) atoms. The van der Waals surface area contributed by atoms with E-state index in [1.54, 1.807) is 0 Å². The molecule has 0 aromatic heterocycles. The number of nitrogen functional groups attached to an aromatic ring is 1. The fourth-order valence-corrected chi connectivity index (χ4v) is 5.01. The van der Waals surface area contributed by atoms with Gasteiger partial charge in [0.15, 0.2) is 0 Å². The summed E-state index contributed by atoms with van der Waals surface area (Å²) in [5, 5.41) is 0.313. The monoisotopic (exact) mass is 381 g/mol. The molecule has 0 saturated carbocycles. The zero-order valence-corrected chi connectivity index (χ0v) is 14.5. The molecule has 0 amide bonds. The van der Waals surface area contributed by atoms with Crippen molar-refractivity contribution in [2.24, 2.45) is 0 Å².